The number of amides is 1. The number of aromatic nitrogens is 1. The number of carboxylic acid groups (broad SMARTS) is 1. The quantitative estimate of drug-likeness (QED) is 0.780. The molecule has 2 aliphatic heterocycles. The molecule has 1 amide bonds. The first-order chi connectivity index (χ1) is 9.16. The van der Waals surface area contributed by atoms with Crippen LogP contribution in [0.1, 0.15) is 0 Å². The van der Waals surface area contributed by atoms with Gasteiger partial charge in [0, 0.05) is 18.1 Å². The van der Waals surface area contributed by atoms with E-state index >= 15 is 0 Å². The fourth-order valence-electron chi connectivity index (χ4n) is 2.58. The molecule has 2 aliphatic rings. The molecule has 1 saturated heterocycles. The molecular formula is C13H12N2O4. The molecule has 1 aromatic heterocycles. The van der Waals surface area contributed by atoms with Gasteiger partial charge in [-0.2, -0.15) is 0 Å². The second-order valence-electron chi connectivity index (χ2n) is 4.57. The van der Waals surface area contributed by atoms with Gasteiger partial charge < -0.3 is 15.2 Å². The molecule has 0 aliphatic carbocycles. The van der Waals surface area contributed by atoms with Crippen LogP contribution in [0.5, 0.6) is 0 Å². The van der Waals surface area contributed by atoms with Crippen LogP contribution in [0, 0.1) is 11.8 Å². The Morgan fingerprint density at radius 2 is 1.79 bits per heavy atom. The summed E-state index contributed by atoms with van der Waals surface area (Å²) < 4.78 is 5.45. The number of rotatable bonds is 3. The lowest BCUT2D eigenvalue weighted by atomic mass is 9.82. The molecule has 0 spiro atoms. The van der Waals surface area contributed by atoms with E-state index in [1.807, 2.05) is 0 Å². The number of aliphatic carboxylic acids is 1. The number of nitrogens with one attached hydrogen (secondary N) is 1. The van der Waals surface area contributed by atoms with Gasteiger partial charge in [-0.15, -0.1) is 0 Å². The number of ether oxygens (including phenoxy) is 1. The third-order valence-electron chi connectivity index (χ3n) is 3.44. The molecule has 4 unspecified atom stereocenters. The van der Waals surface area contributed by atoms with Crippen molar-refractivity contribution in [3.05, 3.63) is 36.7 Å². The lowest BCUT2D eigenvalue weighted by Gasteiger charge is -2.20. The van der Waals surface area contributed by atoms with E-state index in [0.717, 1.165) is 0 Å². The molecule has 19 heavy (non-hydrogen) atoms. The van der Waals surface area contributed by atoms with Crippen LogP contribution in [-0.4, -0.2) is 34.2 Å². The smallest absolute Gasteiger partial charge is 0.310 e. The Labute approximate surface area is 109 Å². The highest BCUT2D eigenvalue weighted by molar-refractivity contribution is 5.96. The van der Waals surface area contributed by atoms with E-state index in [2.05, 4.69) is 10.3 Å². The molecule has 0 aromatic carbocycles. The lowest BCUT2D eigenvalue weighted by Crippen LogP contribution is -2.39. The standard InChI is InChI=1S/C13H12N2O4/c16-12(15-7-3-5-14-6-4-7)10-8-1-2-9(19-8)11(10)13(17)18/h1-6,8-11H,(H,17,18)(H,14,15,16). The number of hydrogen-bond acceptors (Lipinski definition) is 4. The summed E-state index contributed by atoms with van der Waals surface area (Å²) >= 11 is 0. The Morgan fingerprint density at radius 3 is 2.42 bits per heavy atom. The summed E-state index contributed by atoms with van der Waals surface area (Å²) in [6, 6.07) is 3.30. The van der Waals surface area contributed by atoms with Crippen molar-refractivity contribution in [1.82, 2.24) is 4.98 Å². The lowest BCUT2D eigenvalue weighted by molar-refractivity contribution is -0.145. The van der Waals surface area contributed by atoms with E-state index in [1.165, 1.54) is 0 Å². The number of pyridine rings is 1. The van der Waals surface area contributed by atoms with Crippen LogP contribution in [-0.2, 0) is 14.3 Å². The molecule has 0 radical (unpaired) electrons. The van der Waals surface area contributed by atoms with E-state index in [-0.39, 0.29) is 5.91 Å². The third kappa shape index (κ3) is 2.00. The van der Waals surface area contributed by atoms with Crippen LogP contribution in [0.15, 0.2) is 36.7 Å². The second-order valence-corrected chi connectivity index (χ2v) is 4.57. The maximum Gasteiger partial charge on any atom is 0.310 e. The van der Waals surface area contributed by atoms with Gasteiger partial charge in [-0.3, -0.25) is 14.6 Å². The predicted molar refractivity (Wildman–Crippen MR) is 65.3 cm³/mol. The van der Waals surface area contributed by atoms with Crippen molar-refractivity contribution in [2.24, 2.45) is 11.8 Å². The molecule has 1 aromatic rings. The maximum absolute atomic E-state index is 12.2. The van der Waals surface area contributed by atoms with Crippen molar-refractivity contribution in [2.45, 2.75) is 12.2 Å². The Bertz CT molecular complexity index is 543. The first kappa shape index (κ1) is 11.9. The highest BCUT2D eigenvalue weighted by Crippen LogP contribution is 2.39. The zero-order valence-corrected chi connectivity index (χ0v) is 9.89. The van der Waals surface area contributed by atoms with Crippen molar-refractivity contribution in [3.63, 3.8) is 0 Å². The number of fused-ring (bicyclic) bond motifs is 2. The van der Waals surface area contributed by atoms with Crippen molar-refractivity contribution in [1.29, 1.82) is 0 Å². The summed E-state index contributed by atoms with van der Waals surface area (Å²) in [7, 11) is 0. The van der Waals surface area contributed by atoms with Crippen LogP contribution in [0.4, 0.5) is 5.69 Å². The largest absolute Gasteiger partial charge is 0.481 e. The topological polar surface area (TPSA) is 88.5 Å². The number of carboxylic acids is 1. The van der Waals surface area contributed by atoms with Crippen molar-refractivity contribution in [2.75, 3.05) is 5.32 Å². The van der Waals surface area contributed by atoms with Crippen LogP contribution in [0.2, 0.25) is 0 Å². The molecule has 0 saturated carbocycles. The minimum absolute atomic E-state index is 0.338. The Morgan fingerprint density at radius 1 is 1.16 bits per heavy atom. The summed E-state index contributed by atoms with van der Waals surface area (Å²) in [6.07, 6.45) is 5.62. The first-order valence-corrected chi connectivity index (χ1v) is 5.94. The van der Waals surface area contributed by atoms with Crippen molar-refractivity contribution in [3.8, 4) is 0 Å². The Balaban J connectivity index is 1.79. The van der Waals surface area contributed by atoms with Crippen LogP contribution in [0.25, 0.3) is 0 Å². The number of carbonyl (C=O) groups excluding carboxylic acids is 1. The molecule has 2 N–H and O–H groups in total. The average Bonchev–Trinajstić information content (AvgIpc) is 2.99. The minimum atomic E-state index is -1.01. The maximum atomic E-state index is 12.2. The molecule has 98 valence electrons. The second kappa shape index (κ2) is 4.47. The minimum Gasteiger partial charge on any atom is -0.481 e. The molecule has 2 bridgehead atoms. The third-order valence-corrected chi connectivity index (χ3v) is 3.44. The van der Waals surface area contributed by atoms with E-state index in [1.54, 1.807) is 36.7 Å². The first-order valence-electron chi connectivity index (χ1n) is 5.94. The molecule has 6 nitrogen and oxygen atoms in total. The van der Waals surface area contributed by atoms with Gasteiger partial charge in [0.2, 0.25) is 5.91 Å². The van der Waals surface area contributed by atoms with Gasteiger partial charge in [-0.1, -0.05) is 12.2 Å². The number of carbonyl (C=O) groups is 2. The summed E-state index contributed by atoms with van der Waals surface area (Å²) in [5.41, 5.74) is 0.593. The SMILES string of the molecule is O=C(O)C1C2C=CC(O2)C1C(=O)Nc1ccncc1. The van der Waals surface area contributed by atoms with Gasteiger partial charge in [-0.05, 0) is 12.1 Å². The van der Waals surface area contributed by atoms with Crippen molar-refractivity contribution >= 4 is 17.6 Å². The summed E-state index contributed by atoms with van der Waals surface area (Å²) in [4.78, 5) is 27.3. The fraction of sp³-hybridized carbons (Fsp3) is 0.308. The Kier molecular flexibility index (Phi) is 2.79. The van der Waals surface area contributed by atoms with Crippen LogP contribution < -0.4 is 5.32 Å². The van der Waals surface area contributed by atoms with E-state index in [0.29, 0.717) is 5.69 Å². The van der Waals surface area contributed by atoms with E-state index < -0.39 is 30.0 Å². The average molecular weight is 260 g/mol. The van der Waals surface area contributed by atoms with E-state index in [9.17, 15) is 14.7 Å². The Hall–Kier alpha value is -2.21. The van der Waals surface area contributed by atoms with Crippen LogP contribution in [0.3, 0.4) is 0 Å². The fourth-order valence-corrected chi connectivity index (χ4v) is 2.58. The highest BCUT2D eigenvalue weighted by Gasteiger charge is 2.53. The zero-order valence-electron chi connectivity index (χ0n) is 9.89. The predicted octanol–water partition coefficient (Wildman–Crippen LogP) is 0.674. The normalized spacial score (nSPS) is 31.4. The monoisotopic (exact) mass is 260 g/mol. The van der Waals surface area contributed by atoms with Crippen molar-refractivity contribution < 1.29 is 19.4 Å². The number of anilines is 1. The molecule has 1 fully saturated rings. The summed E-state index contributed by atoms with van der Waals surface area (Å²) in [5.74, 6) is -2.86. The van der Waals surface area contributed by atoms with Gasteiger partial charge in [0.15, 0.2) is 0 Å². The molecule has 6 heteroatoms. The zero-order chi connectivity index (χ0) is 13.4. The summed E-state index contributed by atoms with van der Waals surface area (Å²) in [6.45, 7) is 0. The van der Waals surface area contributed by atoms with Gasteiger partial charge >= 0.3 is 5.97 Å². The number of hydrogen-bond donors (Lipinski definition) is 2. The van der Waals surface area contributed by atoms with E-state index in [4.69, 9.17) is 4.74 Å². The molecule has 3 heterocycles. The molecule has 4 atom stereocenters. The number of nitrogens with zero attached hydrogens (tertiary/aromatic N) is 1. The van der Waals surface area contributed by atoms with Gasteiger partial charge in [0.1, 0.15) is 5.92 Å². The summed E-state index contributed by atoms with van der Waals surface area (Å²) in [5, 5.41) is 11.9. The van der Waals surface area contributed by atoms with Gasteiger partial charge in [0.25, 0.3) is 0 Å². The van der Waals surface area contributed by atoms with Gasteiger partial charge in [0.05, 0.1) is 18.1 Å². The van der Waals surface area contributed by atoms with Crippen LogP contribution >= 0.6 is 0 Å². The highest BCUT2D eigenvalue weighted by atomic mass is 16.5. The molecule has 3 rings (SSSR count). The molecular weight excluding hydrogens is 248 g/mol. The van der Waals surface area contributed by atoms with Gasteiger partial charge in [-0.25, -0.2) is 0 Å².